The van der Waals surface area contributed by atoms with Crippen LogP contribution in [0.4, 0.5) is 0 Å². The Bertz CT molecular complexity index is 424. The van der Waals surface area contributed by atoms with E-state index in [-0.39, 0.29) is 5.41 Å². The minimum absolute atomic E-state index is 0.200. The molecule has 2 rings (SSSR count). The van der Waals surface area contributed by atoms with Crippen molar-refractivity contribution in [1.82, 2.24) is 10.6 Å². The number of halogens is 1. The van der Waals surface area contributed by atoms with Gasteiger partial charge in [-0.25, -0.2) is 0 Å². The molecule has 0 atom stereocenters. The zero-order valence-corrected chi connectivity index (χ0v) is 11.0. The Hall–Kier alpha value is -1.22. The lowest BCUT2D eigenvalue weighted by atomic mass is 9.96. The van der Waals surface area contributed by atoms with Crippen molar-refractivity contribution in [2.24, 2.45) is 4.99 Å². The molecule has 0 spiro atoms. The molecule has 4 heteroatoms. The average molecular weight is 252 g/mol. The lowest BCUT2D eigenvalue weighted by molar-refractivity contribution is 0.651. The topological polar surface area (TPSA) is 36.4 Å². The lowest BCUT2D eigenvalue weighted by Crippen LogP contribution is -2.39. The Labute approximate surface area is 107 Å². The van der Waals surface area contributed by atoms with Crippen molar-refractivity contribution < 1.29 is 0 Å². The summed E-state index contributed by atoms with van der Waals surface area (Å²) >= 11 is 6.26. The first kappa shape index (κ1) is 12.2. The second-order valence-electron chi connectivity index (χ2n) is 4.44. The van der Waals surface area contributed by atoms with Gasteiger partial charge >= 0.3 is 0 Å². The summed E-state index contributed by atoms with van der Waals surface area (Å²) in [5.41, 5.74) is 1.45. The summed E-state index contributed by atoms with van der Waals surface area (Å²) in [4.78, 5) is 4.11. The molecule has 1 fully saturated rings. The molecule has 1 saturated carbocycles. The second-order valence-corrected chi connectivity index (χ2v) is 4.84. The highest BCUT2D eigenvalue weighted by Crippen LogP contribution is 2.49. The van der Waals surface area contributed by atoms with E-state index in [4.69, 9.17) is 11.6 Å². The van der Waals surface area contributed by atoms with Crippen LogP contribution in [-0.4, -0.2) is 26.6 Å². The van der Waals surface area contributed by atoms with Gasteiger partial charge in [-0.05, 0) is 24.5 Å². The van der Waals surface area contributed by atoms with Crippen LogP contribution in [0.5, 0.6) is 0 Å². The standard InChI is InChI=1S/C13H18ClN3/c1-15-12(16-2)17-9-13(7-8-13)10-5-3-4-6-11(10)14/h3-6H,7-9H2,1-2H3,(H2,15,16,17). The maximum atomic E-state index is 6.26. The van der Waals surface area contributed by atoms with Gasteiger partial charge in [-0.1, -0.05) is 29.8 Å². The van der Waals surface area contributed by atoms with Crippen LogP contribution in [0.1, 0.15) is 18.4 Å². The smallest absolute Gasteiger partial charge is 0.190 e. The second kappa shape index (κ2) is 4.96. The Morgan fingerprint density at radius 3 is 2.65 bits per heavy atom. The summed E-state index contributed by atoms with van der Waals surface area (Å²) in [6.45, 7) is 0.879. The van der Waals surface area contributed by atoms with Crippen molar-refractivity contribution in [1.29, 1.82) is 0 Å². The number of hydrogen-bond donors (Lipinski definition) is 2. The van der Waals surface area contributed by atoms with Gasteiger partial charge in [0, 0.05) is 31.1 Å². The summed E-state index contributed by atoms with van der Waals surface area (Å²) in [6.07, 6.45) is 2.37. The van der Waals surface area contributed by atoms with Crippen molar-refractivity contribution in [2.75, 3.05) is 20.6 Å². The molecule has 1 aliphatic rings. The van der Waals surface area contributed by atoms with Crippen LogP contribution in [-0.2, 0) is 5.41 Å². The molecule has 1 aliphatic carbocycles. The molecule has 2 N–H and O–H groups in total. The molecular formula is C13H18ClN3. The molecule has 1 aromatic carbocycles. The fraction of sp³-hybridized carbons (Fsp3) is 0.462. The van der Waals surface area contributed by atoms with Gasteiger partial charge in [-0.15, -0.1) is 0 Å². The third-order valence-corrected chi connectivity index (χ3v) is 3.68. The van der Waals surface area contributed by atoms with Crippen LogP contribution in [0.25, 0.3) is 0 Å². The zero-order valence-electron chi connectivity index (χ0n) is 10.3. The molecule has 0 amide bonds. The van der Waals surface area contributed by atoms with Gasteiger partial charge in [-0.3, -0.25) is 4.99 Å². The molecule has 92 valence electrons. The average Bonchev–Trinajstić information content (AvgIpc) is 3.12. The number of rotatable bonds is 3. The fourth-order valence-corrected chi connectivity index (χ4v) is 2.45. The first-order valence-corrected chi connectivity index (χ1v) is 6.23. The number of hydrogen-bond acceptors (Lipinski definition) is 1. The third kappa shape index (κ3) is 2.55. The summed E-state index contributed by atoms with van der Waals surface area (Å²) < 4.78 is 0. The zero-order chi connectivity index (χ0) is 12.3. The molecular weight excluding hydrogens is 234 g/mol. The highest BCUT2D eigenvalue weighted by Gasteiger charge is 2.45. The molecule has 0 saturated heterocycles. The summed E-state index contributed by atoms with van der Waals surface area (Å²) in [7, 11) is 3.64. The normalized spacial score (nSPS) is 17.7. The first-order valence-electron chi connectivity index (χ1n) is 5.85. The van der Waals surface area contributed by atoms with Gasteiger partial charge in [-0.2, -0.15) is 0 Å². The van der Waals surface area contributed by atoms with Gasteiger partial charge in [0.2, 0.25) is 0 Å². The van der Waals surface area contributed by atoms with Crippen molar-refractivity contribution in [2.45, 2.75) is 18.3 Å². The molecule has 3 nitrogen and oxygen atoms in total. The fourth-order valence-electron chi connectivity index (χ4n) is 2.12. The SMILES string of the molecule is CN=C(NC)NCC1(c2ccccc2Cl)CC1. The highest BCUT2D eigenvalue weighted by atomic mass is 35.5. The van der Waals surface area contributed by atoms with E-state index in [0.29, 0.717) is 0 Å². The largest absolute Gasteiger partial charge is 0.359 e. The van der Waals surface area contributed by atoms with E-state index in [1.165, 1.54) is 18.4 Å². The predicted molar refractivity (Wildman–Crippen MR) is 72.8 cm³/mol. The van der Waals surface area contributed by atoms with E-state index in [9.17, 15) is 0 Å². The Balaban J connectivity index is 2.08. The van der Waals surface area contributed by atoms with Crippen LogP contribution in [0.3, 0.4) is 0 Å². The first-order chi connectivity index (χ1) is 8.22. The minimum atomic E-state index is 0.200. The number of nitrogens with one attached hydrogen (secondary N) is 2. The lowest BCUT2D eigenvalue weighted by Gasteiger charge is -2.19. The van der Waals surface area contributed by atoms with Crippen LogP contribution < -0.4 is 10.6 Å². The molecule has 0 unspecified atom stereocenters. The van der Waals surface area contributed by atoms with E-state index in [1.807, 2.05) is 25.2 Å². The van der Waals surface area contributed by atoms with Crippen LogP contribution >= 0.6 is 11.6 Å². The monoisotopic (exact) mass is 251 g/mol. The van der Waals surface area contributed by atoms with Gasteiger partial charge < -0.3 is 10.6 Å². The van der Waals surface area contributed by atoms with Crippen molar-refractivity contribution in [3.8, 4) is 0 Å². The Morgan fingerprint density at radius 1 is 1.41 bits per heavy atom. The molecule has 0 radical (unpaired) electrons. The summed E-state index contributed by atoms with van der Waals surface area (Å²) in [6, 6.07) is 8.11. The molecule has 0 heterocycles. The van der Waals surface area contributed by atoms with Gasteiger partial charge in [0.05, 0.1) is 0 Å². The van der Waals surface area contributed by atoms with Gasteiger partial charge in [0.25, 0.3) is 0 Å². The maximum absolute atomic E-state index is 6.26. The minimum Gasteiger partial charge on any atom is -0.359 e. The van der Waals surface area contributed by atoms with Gasteiger partial charge in [0.1, 0.15) is 0 Å². The van der Waals surface area contributed by atoms with Crippen molar-refractivity contribution in [3.05, 3.63) is 34.9 Å². The number of benzene rings is 1. The number of nitrogens with zero attached hydrogens (tertiary/aromatic N) is 1. The number of aliphatic imine (C=N–C) groups is 1. The number of guanidine groups is 1. The van der Waals surface area contributed by atoms with E-state index >= 15 is 0 Å². The molecule has 1 aromatic rings. The van der Waals surface area contributed by atoms with E-state index in [2.05, 4.69) is 21.7 Å². The van der Waals surface area contributed by atoms with E-state index < -0.39 is 0 Å². The third-order valence-electron chi connectivity index (χ3n) is 3.35. The van der Waals surface area contributed by atoms with E-state index in [0.717, 1.165) is 17.5 Å². The summed E-state index contributed by atoms with van der Waals surface area (Å²) in [5, 5.41) is 7.22. The molecule has 0 aromatic heterocycles. The van der Waals surface area contributed by atoms with Gasteiger partial charge in [0.15, 0.2) is 5.96 Å². The molecule has 17 heavy (non-hydrogen) atoms. The molecule has 0 aliphatic heterocycles. The predicted octanol–water partition coefficient (Wildman–Crippen LogP) is 2.17. The maximum Gasteiger partial charge on any atom is 0.190 e. The van der Waals surface area contributed by atoms with Crippen molar-refractivity contribution >= 4 is 17.6 Å². The van der Waals surface area contributed by atoms with Crippen LogP contribution in [0, 0.1) is 0 Å². The van der Waals surface area contributed by atoms with Crippen LogP contribution in [0.15, 0.2) is 29.3 Å². The van der Waals surface area contributed by atoms with E-state index in [1.54, 1.807) is 7.05 Å². The highest BCUT2D eigenvalue weighted by molar-refractivity contribution is 6.31. The molecule has 0 bridgehead atoms. The Kier molecular flexibility index (Phi) is 3.57. The Morgan fingerprint density at radius 2 is 2.12 bits per heavy atom. The summed E-state index contributed by atoms with van der Waals surface area (Å²) in [5.74, 6) is 0.823. The van der Waals surface area contributed by atoms with Crippen LogP contribution in [0.2, 0.25) is 5.02 Å². The quantitative estimate of drug-likeness (QED) is 0.638. The van der Waals surface area contributed by atoms with Crippen molar-refractivity contribution in [3.63, 3.8) is 0 Å².